The van der Waals surface area contributed by atoms with Crippen LogP contribution < -0.4 is 9.80 Å². The fourth-order valence-corrected chi connectivity index (χ4v) is 3.61. The second-order valence-corrected chi connectivity index (χ2v) is 6.65. The van der Waals surface area contributed by atoms with E-state index in [1.54, 1.807) is 6.33 Å². The highest BCUT2D eigenvalue weighted by Crippen LogP contribution is 2.25. The molecule has 6 heteroatoms. The predicted molar refractivity (Wildman–Crippen MR) is 107 cm³/mol. The molecule has 27 heavy (non-hydrogen) atoms. The van der Waals surface area contributed by atoms with Gasteiger partial charge in [-0.25, -0.2) is 4.98 Å². The number of nitrogens with zero attached hydrogens (tertiary/aromatic N) is 6. The maximum Gasteiger partial charge on any atom is 0.254 e. The summed E-state index contributed by atoms with van der Waals surface area (Å²) in [6.45, 7) is 3.82. The Morgan fingerprint density at radius 3 is 2.15 bits per heavy atom. The molecule has 0 radical (unpaired) electrons. The molecular formula is C21H20N6. The van der Waals surface area contributed by atoms with Gasteiger partial charge < -0.3 is 9.80 Å². The van der Waals surface area contributed by atoms with E-state index in [0.717, 1.165) is 43.3 Å². The minimum absolute atomic E-state index is 0.636. The Morgan fingerprint density at radius 2 is 1.41 bits per heavy atom. The van der Waals surface area contributed by atoms with Crippen molar-refractivity contribution in [2.45, 2.75) is 0 Å². The molecule has 1 fully saturated rings. The molecule has 134 valence electrons. The van der Waals surface area contributed by atoms with Crippen LogP contribution in [-0.4, -0.2) is 45.8 Å². The molecule has 1 aliphatic heterocycles. The number of piperazine rings is 1. The summed E-state index contributed by atoms with van der Waals surface area (Å²) in [7, 11) is 0. The van der Waals surface area contributed by atoms with Gasteiger partial charge in [-0.05, 0) is 12.1 Å². The van der Waals surface area contributed by atoms with Gasteiger partial charge in [-0.2, -0.15) is 14.6 Å². The maximum absolute atomic E-state index is 4.68. The second kappa shape index (κ2) is 6.72. The van der Waals surface area contributed by atoms with Gasteiger partial charge in [0.2, 0.25) is 0 Å². The fraction of sp³-hybridized carbons (Fsp3) is 0.190. The lowest BCUT2D eigenvalue weighted by Crippen LogP contribution is -2.47. The maximum atomic E-state index is 4.68. The molecule has 0 bridgehead atoms. The molecule has 3 heterocycles. The zero-order valence-corrected chi connectivity index (χ0v) is 14.9. The molecule has 4 aromatic rings. The summed E-state index contributed by atoms with van der Waals surface area (Å²) in [5, 5.41) is 4.39. The minimum atomic E-state index is 0.636. The molecule has 5 rings (SSSR count). The van der Waals surface area contributed by atoms with Gasteiger partial charge in [-0.1, -0.05) is 48.5 Å². The number of rotatable bonds is 3. The third-order valence-electron chi connectivity index (χ3n) is 5.03. The summed E-state index contributed by atoms with van der Waals surface area (Å²) in [4.78, 5) is 13.8. The summed E-state index contributed by atoms with van der Waals surface area (Å²) >= 11 is 0. The third-order valence-corrected chi connectivity index (χ3v) is 5.03. The molecule has 0 aliphatic carbocycles. The van der Waals surface area contributed by atoms with E-state index >= 15 is 0 Å². The van der Waals surface area contributed by atoms with Crippen molar-refractivity contribution in [1.29, 1.82) is 0 Å². The number of hydrogen-bond acceptors (Lipinski definition) is 5. The molecule has 0 saturated carbocycles. The first-order chi connectivity index (χ1) is 13.4. The van der Waals surface area contributed by atoms with E-state index in [9.17, 15) is 0 Å². The van der Waals surface area contributed by atoms with Gasteiger partial charge in [0.05, 0.1) is 5.69 Å². The van der Waals surface area contributed by atoms with E-state index in [1.165, 1.54) is 5.69 Å². The zero-order chi connectivity index (χ0) is 18.1. The van der Waals surface area contributed by atoms with Crippen LogP contribution in [0.2, 0.25) is 0 Å². The Balaban J connectivity index is 1.46. The van der Waals surface area contributed by atoms with Gasteiger partial charge >= 0.3 is 0 Å². The van der Waals surface area contributed by atoms with Crippen LogP contribution in [0.4, 0.5) is 11.5 Å². The zero-order valence-electron chi connectivity index (χ0n) is 14.9. The largest absolute Gasteiger partial charge is 0.368 e. The molecule has 0 N–H and O–H groups in total. The molecule has 0 atom stereocenters. The van der Waals surface area contributed by atoms with Crippen molar-refractivity contribution < 1.29 is 0 Å². The number of para-hydroxylation sites is 1. The smallest absolute Gasteiger partial charge is 0.254 e. The van der Waals surface area contributed by atoms with Gasteiger partial charge in [0.25, 0.3) is 5.78 Å². The molecule has 2 aromatic heterocycles. The Morgan fingerprint density at radius 1 is 0.741 bits per heavy atom. The van der Waals surface area contributed by atoms with Crippen molar-refractivity contribution in [2.24, 2.45) is 0 Å². The van der Waals surface area contributed by atoms with Crippen molar-refractivity contribution in [3.05, 3.63) is 73.1 Å². The molecule has 0 unspecified atom stereocenters. The van der Waals surface area contributed by atoms with Crippen LogP contribution in [0.3, 0.4) is 0 Å². The first-order valence-electron chi connectivity index (χ1n) is 9.20. The van der Waals surface area contributed by atoms with Crippen LogP contribution >= 0.6 is 0 Å². The van der Waals surface area contributed by atoms with Crippen molar-refractivity contribution >= 4 is 17.3 Å². The highest BCUT2D eigenvalue weighted by molar-refractivity contribution is 5.66. The molecule has 2 aromatic carbocycles. The summed E-state index contributed by atoms with van der Waals surface area (Å²) in [5.41, 5.74) is 3.30. The van der Waals surface area contributed by atoms with Crippen molar-refractivity contribution in [2.75, 3.05) is 36.0 Å². The molecule has 0 spiro atoms. The average molecular weight is 356 g/mol. The van der Waals surface area contributed by atoms with Crippen LogP contribution in [0, 0.1) is 0 Å². The van der Waals surface area contributed by atoms with Gasteiger partial charge in [-0.3, -0.25) is 0 Å². The number of hydrogen-bond donors (Lipinski definition) is 0. The van der Waals surface area contributed by atoms with Crippen LogP contribution in [0.25, 0.3) is 17.0 Å². The summed E-state index contributed by atoms with van der Waals surface area (Å²) in [6.07, 6.45) is 1.57. The van der Waals surface area contributed by atoms with Crippen LogP contribution in [-0.2, 0) is 0 Å². The fourth-order valence-electron chi connectivity index (χ4n) is 3.61. The standard InChI is InChI=1S/C21H20N6/c1-3-7-17(8-4-1)19-15-20(27-21(24-19)22-16-23-27)26-13-11-25(12-14-26)18-9-5-2-6-10-18/h1-10,15-16H,11-14H2. The molecule has 6 nitrogen and oxygen atoms in total. The average Bonchev–Trinajstić information content (AvgIpc) is 3.23. The Labute approximate surface area is 157 Å². The predicted octanol–water partition coefficient (Wildman–Crippen LogP) is 3.12. The van der Waals surface area contributed by atoms with Crippen LogP contribution in [0.1, 0.15) is 0 Å². The monoisotopic (exact) mass is 356 g/mol. The van der Waals surface area contributed by atoms with E-state index in [-0.39, 0.29) is 0 Å². The molecular weight excluding hydrogens is 336 g/mol. The highest BCUT2D eigenvalue weighted by Gasteiger charge is 2.21. The van der Waals surface area contributed by atoms with E-state index in [0.29, 0.717) is 5.78 Å². The normalized spacial score (nSPS) is 14.7. The quantitative estimate of drug-likeness (QED) is 0.564. The van der Waals surface area contributed by atoms with Gasteiger partial charge in [0, 0.05) is 43.5 Å². The van der Waals surface area contributed by atoms with Crippen LogP contribution in [0.15, 0.2) is 73.1 Å². The number of anilines is 2. The molecule has 1 saturated heterocycles. The van der Waals surface area contributed by atoms with Crippen molar-refractivity contribution in [3.63, 3.8) is 0 Å². The SMILES string of the molecule is c1ccc(-c2cc(N3CCN(c4ccccc4)CC3)n3ncnc3n2)cc1. The third kappa shape index (κ3) is 2.99. The second-order valence-electron chi connectivity index (χ2n) is 6.65. The summed E-state index contributed by atoms with van der Waals surface area (Å²) in [5.74, 6) is 1.68. The first-order valence-corrected chi connectivity index (χ1v) is 9.20. The van der Waals surface area contributed by atoms with Crippen LogP contribution in [0.5, 0.6) is 0 Å². The van der Waals surface area contributed by atoms with Gasteiger partial charge in [0.1, 0.15) is 12.1 Å². The lowest BCUT2D eigenvalue weighted by atomic mass is 10.1. The Hall–Kier alpha value is -3.41. The van der Waals surface area contributed by atoms with Crippen molar-refractivity contribution in [1.82, 2.24) is 19.6 Å². The summed E-state index contributed by atoms with van der Waals surface area (Å²) in [6, 6.07) is 22.9. The number of aromatic nitrogens is 4. The lowest BCUT2D eigenvalue weighted by Gasteiger charge is -2.37. The van der Waals surface area contributed by atoms with E-state index in [1.807, 2.05) is 22.7 Å². The van der Waals surface area contributed by atoms with E-state index in [4.69, 9.17) is 0 Å². The van der Waals surface area contributed by atoms with E-state index in [2.05, 4.69) is 73.4 Å². The summed E-state index contributed by atoms with van der Waals surface area (Å²) < 4.78 is 1.84. The lowest BCUT2D eigenvalue weighted by molar-refractivity contribution is 0.639. The van der Waals surface area contributed by atoms with E-state index < -0.39 is 0 Å². The molecule has 1 aliphatic rings. The first kappa shape index (κ1) is 15.8. The van der Waals surface area contributed by atoms with Gasteiger partial charge in [0.15, 0.2) is 0 Å². The molecule has 0 amide bonds. The van der Waals surface area contributed by atoms with Gasteiger partial charge in [-0.15, -0.1) is 0 Å². The van der Waals surface area contributed by atoms with Crippen molar-refractivity contribution in [3.8, 4) is 11.3 Å². The minimum Gasteiger partial charge on any atom is -0.368 e. The Kier molecular flexibility index (Phi) is 3.93. The number of benzene rings is 2. The Bertz CT molecular complexity index is 1040. The topological polar surface area (TPSA) is 49.6 Å². The number of fused-ring (bicyclic) bond motifs is 1. The highest BCUT2D eigenvalue weighted by atomic mass is 15.4.